The lowest BCUT2D eigenvalue weighted by Gasteiger charge is -2.50. The van der Waals surface area contributed by atoms with Crippen molar-refractivity contribution in [3.63, 3.8) is 0 Å². The van der Waals surface area contributed by atoms with Gasteiger partial charge < -0.3 is 15.3 Å². The maximum absolute atomic E-state index is 14.3. The molecule has 0 aromatic rings. The van der Waals surface area contributed by atoms with Crippen molar-refractivity contribution in [2.45, 2.75) is 148 Å². The second-order valence-corrected chi connectivity index (χ2v) is 14.5. The van der Waals surface area contributed by atoms with Crippen LogP contribution in [0.25, 0.3) is 0 Å². The molecule has 3 N–H and O–H groups in total. The molecule has 3 rings (SSSR count). The van der Waals surface area contributed by atoms with Crippen molar-refractivity contribution in [1.82, 2.24) is 0 Å². The second kappa shape index (κ2) is 11.6. The molecule has 0 radical (unpaired) electrons. The van der Waals surface area contributed by atoms with Gasteiger partial charge in [0.15, 0.2) is 0 Å². The van der Waals surface area contributed by atoms with Crippen LogP contribution in [0, 0.1) is 22.7 Å². The number of hydrogen-bond acceptors (Lipinski definition) is 3. The Morgan fingerprint density at radius 1 is 0.973 bits per heavy atom. The Morgan fingerprint density at radius 2 is 1.57 bits per heavy atom. The number of aliphatic hydroxyl groups is 3. The van der Waals surface area contributed by atoms with Crippen molar-refractivity contribution >= 4 is 0 Å². The molecule has 0 amide bonds. The van der Waals surface area contributed by atoms with Gasteiger partial charge in [0.25, 0.3) is 0 Å². The first-order chi connectivity index (χ1) is 17.0. The summed E-state index contributed by atoms with van der Waals surface area (Å²) in [6.07, 6.45) is 15.0. The summed E-state index contributed by atoms with van der Waals surface area (Å²) in [5.74, 6) is 1.14. The summed E-state index contributed by atoms with van der Waals surface area (Å²) in [6.45, 7) is 16.6. The van der Waals surface area contributed by atoms with Gasteiger partial charge in [0.1, 0.15) is 6.17 Å². The van der Waals surface area contributed by atoms with Crippen LogP contribution < -0.4 is 0 Å². The van der Waals surface area contributed by atoms with Gasteiger partial charge in [-0.3, -0.25) is 0 Å². The minimum atomic E-state index is -1.14. The van der Waals surface area contributed by atoms with Crippen LogP contribution in [-0.2, 0) is 0 Å². The molecule has 0 spiro atoms. The Hall–Kier alpha value is -0.970. The van der Waals surface area contributed by atoms with Crippen molar-refractivity contribution in [2.24, 2.45) is 22.7 Å². The van der Waals surface area contributed by atoms with E-state index in [4.69, 9.17) is 0 Å². The lowest BCUT2D eigenvalue weighted by molar-refractivity contribution is 0.00528. The van der Waals surface area contributed by atoms with Crippen LogP contribution in [0.2, 0.25) is 0 Å². The number of aliphatic hydroxyl groups excluding tert-OH is 1. The Kier molecular flexibility index (Phi) is 9.62. The summed E-state index contributed by atoms with van der Waals surface area (Å²) in [7, 11) is 0. The Bertz CT molecular complexity index is 838. The molecule has 4 heteroatoms. The third kappa shape index (κ3) is 7.79. The highest BCUT2D eigenvalue weighted by molar-refractivity contribution is 5.38. The summed E-state index contributed by atoms with van der Waals surface area (Å²) in [5.41, 5.74) is 2.01. The van der Waals surface area contributed by atoms with Crippen LogP contribution in [0.3, 0.4) is 0 Å². The fraction of sp³-hybridized carbons (Fsp3) is 0.818. The first-order valence-electron chi connectivity index (χ1n) is 14.9. The standard InChI is InChI=1S/C33H55FO3/c1-23-25(21-26(35)22-28(23)34)13-12-24-11-8-20-33(7)27(24)14-15-29(33)32(6,18-9-16-30(2,3)36)19-10-17-31(4,5)37/h12-13,26-29,35-37H,1,8-11,14-22H2,2-7H3/b24-12+,25-13-/t26?,27?,28-,29?,33-/m0/s1. The SMILES string of the molecule is C=C1/C(=C\C=C2/CCC[C@@]3(C)C2CCC3C(C)(CCCC(C)(C)O)CCCC(C)(C)O)CC(O)C[C@@H]1F. The fourth-order valence-corrected chi connectivity index (χ4v) is 8.14. The molecule has 3 fully saturated rings. The average Bonchev–Trinajstić information content (AvgIpc) is 3.11. The van der Waals surface area contributed by atoms with Crippen molar-refractivity contribution in [3.8, 4) is 0 Å². The summed E-state index contributed by atoms with van der Waals surface area (Å²) in [6, 6.07) is 0. The minimum absolute atomic E-state index is 0.161. The van der Waals surface area contributed by atoms with Crippen LogP contribution in [0.1, 0.15) is 125 Å². The predicted octanol–water partition coefficient (Wildman–Crippen LogP) is 7.99. The Labute approximate surface area is 226 Å². The van der Waals surface area contributed by atoms with E-state index in [-0.39, 0.29) is 17.3 Å². The number of halogens is 1. The van der Waals surface area contributed by atoms with E-state index >= 15 is 0 Å². The molecule has 3 saturated carbocycles. The van der Waals surface area contributed by atoms with Crippen molar-refractivity contribution < 1.29 is 19.7 Å². The van der Waals surface area contributed by atoms with Crippen LogP contribution in [0.15, 0.2) is 35.5 Å². The van der Waals surface area contributed by atoms with Crippen molar-refractivity contribution in [2.75, 3.05) is 0 Å². The molecular formula is C33H55FO3. The first-order valence-corrected chi connectivity index (χ1v) is 14.9. The zero-order valence-corrected chi connectivity index (χ0v) is 24.6. The smallest absolute Gasteiger partial charge is 0.127 e. The van der Waals surface area contributed by atoms with E-state index in [1.807, 2.05) is 27.7 Å². The molecule has 0 aromatic carbocycles. The van der Waals surface area contributed by atoms with E-state index in [0.29, 0.717) is 23.8 Å². The molecule has 37 heavy (non-hydrogen) atoms. The number of fused-ring (bicyclic) bond motifs is 1. The largest absolute Gasteiger partial charge is 0.393 e. The maximum atomic E-state index is 14.3. The predicted molar refractivity (Wildman–Crippen MR) is 152 cm³/mol. The molecule has 0 bridgehead atoms. The van der Waals surface area contributed by atoms with Gasteiger partial charge in [0.2, 0.25) is 0 Å². The number of rotatable bonds is 10. The van der Waals surface area contributed by atoms with Gasteiger partial charge in [-0.15, -0.1) is 0 Å². The van der Waals surface area contributed by atoms with Crippen molar-refractivity contribution in [1.29, 1.82) is 0 Å². The van der Waals surface area contributed by atoms with Gasteiger partial charge in [0.05, 0.1) is 17.3 Å². The molecule has 3 unspecified atom stereocenters. The maximum Gasteiger partial charge on any atom is 0.127 e. The van der Waals surface area contributed by atoms with Gasteiger partial charge in [-0.25, -0.2) is 4.39 Å². The highest BCUT2D eigenvalue weighted by atomic mass is 19.1. The van der Waals surface area contributed by atoms with E-state index in [2.05, 4.69) is 32.6 Å². The summed E-state index contributed by atoms with van der Waals surface area (Å²) < 4.78 is 14.3. The third-order valence-electron chi connectivity index (χ3n) is 10.1. The summed E-state index contributed by atoms with van der Waals surface area (Å²) in [4.78, 5) is 0. The van der Waals surface area contributed by atoms with E-state index in [0.717, 1.165) is 50.5 Å². The van der Waals surface area contributed by atoms with Crippen molar-refractivity contribution in [3.05, 3.63) is 35.5 Å². The molecule has 5 atom stereocenters. The Morgan fingerprint density at radius 3 is 2.14 bits per heavy atom. The zero-order chi connectivity index (χ0) is 27.6. The molecule has 0 heterocycles. The van der Waals surface area contributed by atoms with E-state index < -0.39 is 23.5 Å². The number of allylic oxidation sites excluding steroid dienone is 4. The number of hydrogen-bond donors (Lipinski definition) is 3. The van der Waals surface area contributed by atoms with Gasteiger partial charge in [-0.1, -0.05) is 51.0 Å². The highest BCUT2D eigenvalue weighted by Crippen LogP contribution is 2.64. The molecule has 3 nitrogen and oxygen atoms in total. The minimum Gasteiger partial charge on any atom is -0.393 e. The normalized spacial score (nSPS) is 33.8. The topological polar surface area (TPSA) is 60.7 Å². The zero-order valence-electron chi connectivity index (χ0n) is 24.6. The van der Waals surface area contributed by atoms with Gasteiger partial charge in [-0.05, 0) is 126 Å². The van der Waals surface area contributed by atoms with Gasteiger partial charge >= 0.3 is 0 Å². The van der Waals surface area contributed by atoms with Gasteiger partial charge in [-0.2, -0.15) is 0 Å². The molecule has 3 aliphatic carbocycles. The molecule has 212 valence electrons. The van der Waals surface area contributed by atoms with Crippen LogP contribution in [0.5, 0.6) is 0 Å². The lowest BCUT2D eigenvalue weighted by Crippen LogP contribution is -2.41. The summed E-state index contributed by atoms with van der Waals surface area (Å²) >= 11 is 0. The van der Waals surface area contributed by atoms with Gasteiger partial charge in [0, 0.05) is 6.42 Å². The molecule has 3 aliphatic rings. The van der Waals surface area contributed by atoms with Crippen LogP contribution >= 0.6 is 0 Å². The van der Waals surface area contributed by atoms with Crippen LogP contribution in [-0.4, -0.2) is 38.8 Å². The first kappa shape index (κ1) is 30.6. The molecule has 0 saturated heterocycles. The van der Waals surface area contributed by atoms with E-state index in [9.17, 15) is 19.7 Å². The fourth-order valence-electron chi connectivity index (χ4n) is 8.14. The van der Waals surface area contributed by atoms with Crippen LogP contribution in [0.4, 0.5) is 4.39 Å². The Balaban J connectivity index is 1.83. The second-order valence-electron chi connectivity index (χ2n) is 14.5. The van der Waals surface area contributed by atoms with E-state index in [1.165, 1.54) is 31.3 Å². The number of alkyl halides is 1. The average molecular weight is 519 g/mol. The third-order valence-corrected chi connectivity index (χ3v) is 10.1. The van der Waals surface area contributed by atoms with E-state index in [1.54, 1.807) is 0 Å². The highest BCUT2D eigenvalue weighted by Gasteiger charge is 2.54. The molecule has 0 aliphatic heterocycles. The molecule has 0 aromatic heterocycles. The summed E-state index contributed by atoms with van der Waals surface area (Å²) in [5, 5.41) is 30.8. The molecular weight excluding hydrogens is 463 g/mol. The monoisotopic (exact) mass is 518 g/mol. The quantitative estimate of drug-likeness (QED) is 0.275. The lowest BCUT2D eigenvalue weighted by atomic mass is 9.55.